The van der Waals surface area contributed by atoms with E-state index in [1.807, 2.05) is 11.8 Å². The van der Waals surface area contributed by atoms with Gasteiger partial charge in [0, 0.05) is 48.5 Å². The number of likely N-dealkylation sites (tertiary alicyclic amines) is 1. The summed E-state index contributed by atoms with van der Waals surface area (Å²) in [4.78, 5) is 24.6. The number of rotatable bonds is 2. The first-order valence-corrected chi connectivity index (χ1v) is 8.73. The topological polar surface area (TPSA) is 50.5 Å². The lowest BCUT2D eigenvalue weighted by molar-refractivity contribution is 0.0706. The zero-order valence-corrected chi connectivity index (χ0v) is 13.8. The van der Waals surface area contributed by atoms with Crippen LogP contribution in [0.3, 0.4) is 0 Å². The number of aryl methyl sites for hydroxylation is 1. The third kappa shape index (κ3) is 2.53. The van der Waals surface area contributed by atoms with E-state index in [9.17, 15) is 4.79 Å². The Morgan fingerprint density at radius 3 is 3.00 bits per heavy atom. The van der Waals surface area contributed by atoms with Crippen LogP contribution in [0, 0.1) is 6.92 Å². The standard InChI is InChI=1S/C17H18N4OS/c1-12-19-15(17-21(12)9-10-23-17)14-3-2-8-20(11-14)16(22)13-4-6-18-7-5-13/h4-7,9-10,14H,2-3,8,11H2,1H3. The molecule has 4 rings (SSSR count). The molecule has 5 nitrogen and oxygen atoms in total. The molecule has 0 saturated carbocycles. The molecule has 0 aromatic carbocycles. The second-order valence-electron chi connectivity index (χ2n) is 5.95. The molecule has 3 aromatic rings. The van der Waals surface area contributed by atoms with Crippen LogP contribution in [0.5, 0.6) is 0 Å². The van der Waals surface area contributed by atoms with Gasteiger partial charge >= 0.3 is 0 Å². The second-order valence-corrected chi connectivity index (χ2v) is 6.84. The van der Waals surface area contributed by atoms with E-state index >= 15 is 0 Å². The van der Waals surface area contributed by atoms with Gasteiger partial charge in [0.1, 0.15) is 10.7 Å². The number of carbonyl (C=O) groups excluding carboxylic acids is 1. The largest absolute Gasteiger partial charge is 0.338 e. The quantitative estimate of drug-likeness (QED) is 0.727. The molecule has 3 aromatic heterocycles. The van der Waals surface area contributed by atoms with E-state index in [1.54, 1.807) is 35.9 Å². The van der Waals surface area contributed by atoms with Gasteiger partial charge in [-0.1, -0.05) is 0 Å². The highest BCUT2D eigenvalue weighted by molar-refractivity contribution is 7.15. The number of amides is 1. The zero-order valence-electron chi connectivity index (χ0n) is 13.0. The van der Waals surface area contributed by atoms with E-state index in [1.165, 1.54) is 4.83 Å². The van der Waals surface area contributed by atoms with Gasteiger partial charge in [-0.15, -0.1) is 11.3 Å². The summed E-state index contributed by atoms with van der Waals surface area (Å²) in [6.45, 7) is 3.59. The van der Waals surface area contributed by atoms with Crippen molar-refractivity contribution >= 4 is 22.1 Å². The second kappa shape index (κ2) is 5.77. The minimum absolute atomic E-state index is 0.0930. The van der Waals surface area contributed by atoms with Gasteiger partial charge < -0.3 is 4.90 Å². The van der Waals surface area contributed by atoms with Crippen molar-refractivity contribution in [2.45, 2.75) is 25.7 Å². The van der Waals surface area contributed by atoms with Crippen LogP contribution in [-0.2, 0) is 0 Å². The van der Waals surface area contributed by atoms with Gasteiger partial charge in [0.15, 0.2) is 0 Å². The molecule has 6 heteroatoms. The maximum atomic E-state index is 12.7. The zero-order chi connectivity index (χ0) is 15.8. The van der Waals surface area contributed by atoms with Crippen LogP contribution in [0.1, 0.15) is 40.6 Å². The molecule has 0 N–H and O–H groups in total. The maximum absolute atomic E-state index is 12.7. The lowest BCUT2D eigenvalue weighted by Gasteiger charge is -2.32. The number of carbonyl (C=O) groups is 1. The van der Waals surface area contributed by atoms with Crippen molar-refractivity contribution < 1.29 is 4.79 Å². The first-order valence-electron chi connectivity index (χ1n) is 7.85. The van der Waals surface area contributed by atoms with Gasteiger partial charge in [-0.25, -0.2) is 4.98 Å². The Morgan fingerprint density at radius 1 is 1.35 bits per heavy atom. The molecule has 1 unspecified atom stereocenters. The number of piperidine rings is 1. The van der Waals surface area contributed by atoms with Crippen molar-refractivity contribution in [1.82, 2.24) is 19.3 Å². The monoisotopic (exact) mass is 326 g/mol. The summed E-state index contributed by atoms with van der Waals surface area (Å²) in [6, 6.07) is 3.56. The predicted molar refractivity (Wildman–Crippen MR) is 89.9 cm³/mol. The van der Waals surface area contributed by atoms with Crippen LogP contribution in [-0.4, -0.2) is 38.3 Å². The summed E-state index contributed by atoms with van der Waals surface area (Å²) in [5.41, 5.74) is 1.85. The van der Waals surface area contributed by atoms with Crippen molar-refractivity contribution in [3.8, 4) is 0 Å². The van der Waals surface area contributed by atoms with Gasteiger partial charge in [0.2, 0.25) is 0 Å². The molecule has 23 heavy (non-hydrogen) atoms. The lowest BCUT2D eigenvalue weighted by atomic mass is 9.95. The Bertz CT molecular complexity index is 839. The minimum Gasteiger partial charge on any atom is -0.338 e. The Morgan fingerprint density at radius 2 is 2.17 bits per heavy atom. The third-order valence-electron chi connectivity index (χ3n) is 4.48. The molecule has 1 aliphatic rings. The van der Waals surface area contributed by atoms with Crippen molar-refractivity contribution in [3.63, 3.8) is 0 Å². The number of hydrogen-bond acceptors (Lipinski definition) is 4. The highest BCUT2D eigenvalue weighted by Crippen LogP contribution is 2.32. The van der Waals surface area contributed by atoms with Crippen molar-refractivity contribution in [3.05, 3.63) is 53.2 Å². The summed E-state index contributed by atoms with van der Waals surface area (Å²) < 4.78 is 2.14. The molecule has 1 amide bonds. The number of nitrogens with zero attached hydrogens (tertiary/aromatic N) is 4. The highest BCUT2D eigenvalue weighted by atomic mass is 32.1. The average Bonchev–Trinajstić information content (AvgIpc) is 3.19. The number of thiazole rings is 1. The first-order chi connectivity index (χ1) is 11.2. The first kappa shape index (κ1) is 14.4. The maximum Gasteiger partial charge on any atom is 0.253 e. The average molecular weight is 326 g/mol. The molecule has 0 spiro atoms. The van der Waals surface area contributed by atoms with E-state index in [0.29, 0.717) is 11.5 Å². The molecule has 0 radical (unpaired) electrons. The van der Waals surface area contributed by atoms with Crippen LogP contribution in [0.2, 0.25) is 0 Å². The Labute approximate surface area is 138 Å². The van der Waals surface area contributed by atoms with Crippen molar-refractivity contribution in [2.24, 2.45) is 0 Å². The summed E-state index contributed by atoms with van der Waals surface area (Å²) in [5.74, 6) is 1.43. The lowest BCUT2D eigenvalue weighted by Crippen LogP contribution is -2.39. The van der Waals surface area contributed by atoms with Gasteiger partial charge in [-0.3, -0.25) is 14.2 Å². The van der Waals surface area contributed by atoms with Crippen LogP contribution >= 0.6 is 11.3 Å². The minimum atomic E-state index is 0.0930. The summed E-state index contributed by atoms with van der Waals surface area (Å²) >= 11 is 1.72. The Hall–Kier alpha value is -2.21. The molecule has 1 atom stereocenters. The molecular formula is C17H18N4OS. The Kier molecular flexibility index (Phi) is 3.61. The van der Waals surface area contributed by atoms with E-state index in [-0.39, 0.29) is 5.91 Å². The molecule has 1 aliphatic heterocycles. The normalized spacial score (nSPS) is 18.5. The van der Waals surface area contributed by atoms with Gasteiger partial charge in [0.05, 0.1) is 5.69 Å². The van der Waals surface area contributed by atoms with Gasteiger partial charge in [-0.2, -0.15) is 0 Å². The summed E-state index contributed by atoms with van der Waals surface area (Å²) in [5, 5.41) is 2.09. The van der Waals surface area contributed by atoms with Crippen LogP contribution in [0.15, 0.2) is 36.1 Å². The van der Waals surface area contributed by atoms with Gasteiger partial charge in [-0.05, 0) is 31.9 Å². The summed E-state index contributed by atoms with van der Waals surface area (Å²) in [6.07, 6.45) is 7.51. The van der Waals surface area contributed by atoms with Crippen LogP contribution < -0.4 is 0 Å². The molecule has 1 saturated heterocycles. The Balaban J connectivity index is 1.60. The van der Waals surface area contributed by atoms with E-state index in [0.717, 1.165) is 37.4 Å². The van der Waals surface area contributed by atoms with Crippen molar-refractivity contribution in [1.29, 1.82) is 0 Å². The number of pyridine rings is 1. The van der Waals surface area contributed by atoms with Gasteiger partial charge in [0.25, 0.3) is 5.91 Å². The number of hydrogen-bond donors (Lipinski definition) is 0. The van der Waals surface area contributed by atoms with Crippen LogP contribution in [0.4, 0.5) is 0 Å². The fraction of sp³-hybridized carbons (Fsp3) is 0.353. The molecule has 0 bridgehead atoms. The molecular weight excluding hydrogens is 308 g/mol. The molecule has 118 valence electrons. The van der Waals surface area contributed by atoms with E-state index in [4.69, 9.17) is 4.98 Å². The molecule has 1 fully saturated rings. The molecule has 0 aliphatic carbocycles. The van der Waals surface area contributed by atoms with Crippen LogP contribution in [0.25, 0.3) is 4.83 Å². The third-order valence-corrected chi connectivity index (χ3v) is 5.37. The fourth-order valence-corrected chi connectivity index (χ4v) is 4.27. The number of aromatic nitrogens is 3. The fourth-order valence-electron chi connectivity index (χ4n) is 3.32. The predicted octanol–water partition coefficient (Wildman–Crippen LogP) is 3.12. The smallest absolute Gasteiger partial charge is 0.253 e. The van der Waals surface area contributed by atoms with E-state index in [2.05, 4.69) is 21.0 Å². The summed E-state index contributed by atoms with van der Waals surface area (Å²) in [7, 11) is 0. The van der Waals surface area contributed by atoms with Crippen molar-refractivity contribution in [2.75, 3.05) is 13.1 Å². The van der Waals surface area contributed by atoms with E-state index < -0.39 is 0 Å². The highest BCUT2D eigenvalue weighted by Gasteiger charge is 2.28. The molecule has 4 heterocycles. The number of fused-ring (bicyclic) bond motifs is 1. The SMILES string of the molecule is Cc1nc(C2CCCN(C(=O)c3ccncc3)C2)c2sccn12. The number of imidazole rings is 1.